The van der Waals surface area contributed by atoms with Crippen molar-refractivity contribution in [3.05, 3.63) is 142 Å². The topological polar surface area (TPSA) is 47.0 Å². The molecule has 1 fully saturated rings. The van der Waals surface area contributed by atoms with Crippen molar-refractivity contribution in [3.63, 3.8) is 0 Å². The average Bonchev–Trinajstić information content (AvgIpc) is 3.58. The molecule has 1 aliphatic carbocycles. The van der Waals surface area contributed by atoms with E-state index in [0.717, 1.165) is 39.4 Å². The fraction of sp³-hybridized carbons (Fsp3) is 0.375. The Morgan fingerprint density at radius 3 is 2.33 bits per heavy atom. The number of aliphatic imine (C=N–C) groups is 1. The molecule has 0 saturated heterocycles. The van der Waals surface area contributed by atoms with Crippen LogP contribution in [0.3, 0.4) is 0 Å². The van der Waals surface area contributed by atoms with Gasteiger partial charge in [0.2, 0.25) is 0 Å². The molecule has 6 heteroatoms. The number of hydrogen-bond acceptors (Lipinski definition) is 5. The molecule has 2 aliphatic heterocycles. The van der Waals surface area contributed by atoms with E-state index in [4.69, 9.17) is 19.5 Å². The monoisotopic (exact) mass is 896 g/mol. The van der Waals surface area contributed by atoms with Crippen LogP contribution in [0.2, 0.25) is 0 Å². The third-order valence-electron chi connectivity index (χ3n) is 11.6. The van der Waals surface area contributed by atoms with Gasteiger partial charge in [0, 0.05) is 34.4 Å². The molecule has 0 unspecified atom stereocenters. The summed E-state index contributed by atoms with van der Waals surface area (Å²) in [4.78, 5) is 12.5. The second-order valence-electron chi connectivity index (χ2n) is 16.9. The van der Waals surface area contributed by atoms with Crippen molar-refractivity contribution in [2.75, 3.05) is 4.90 Å². The van der Waals surface area contributed by atoms with Gasteiger partial charge in [0.05, 0.1) is 6.04 Å². The third-order valence-corrected chi connectivity index (χ3v) is 11.6. The number of anilines is 3. The van der Waals surface area contributed by atoms with Crippen molar-refractivity contribution in [2.24, 2.45) is 10.9 Å². The van der Waals surface area contributed by atoms with Gasteiger partial charge in [-0.3, -0.25) is 4.99 Å². The van der Waals surface area contributed by atoms with Gasteiger partial charge in [-0.25, -0.2) is 4.98 Å². The summed E-state index contributed by atoms with van der Waals surface area (Å²) in [6, 6.07) is 35.5. The van der Waals surface area contributed by atoms with Crippen LogP contribution in [-0.2, 0) is 36.6 Å². The predicted molar refractivity (Wildman–Crippen MR) is 215 cm³/mol. The van der Waals surface area contributed by atoms with Gasteiger partial charge in [0.15, 0.2) is 0 Å². The number of ether oxygens (including phenoxy) is 2. The number of aryl methyl sites for hydroxylation is 3. The van der Waals surface area contributed by atoms with Crippen LogP contribution in [0.5, 0.6) is 11.5 Å². The fourth-order valence-corrected chi connectivity index (χ4v) is 8.60. The average molecular weight is 897 g/mol. The maximum absolute atomic E-state index is 6.80. The first-order valence-corrected chi connectivity index (χ1v) is 19.3. The Hall–Kier alpha value is -4.21. The molecule has 3 heterocycles. The summed E-state index contributed by atoms with van der Waals surface area (Å²) in [5, 5.41) is 0. The Morgan fingerprint density at radius 2 is 1.59 bits per heavy atom. The SMILES string of the molecule is Cc1cc(Oc2[c-]c(C3=N[C@H](C4CCCCC4)[C@@H](c4ccccc4)O3)c(C)cc2C)[c-]c(N2c3ccc(C(C)(C)C)cc3C(C)(C)c3cccnc32)c1.[Pt+2]. The largest absolute Gasteiger partial charge is 2.00 e. The molecule has 3 aliphatic rings. The van der Waals surface area contributed by atoms with Crippen molar-refractivity contribution in [2.45, 2.75) is 110 Å². The molecular formula is C48H51N3O2Pt. The number of hydrogen-bond donors (Lipinski definition) is 0. The van der Waals surface area contributed by atoms with Gasteiger partial charge in [0.25, 0.3) is 0 Å². The molecular weight excluding hydrogens is 846 g/mol. The predicted octanol–water partition coefficient (Wildman–Crippen LogP) is 12.3. The minimum Gasteiger partial charge on any atom is -0.510 e. The third kappa shape index (κ3) is 7.05. The van der Waals surface area contributed by atoms with E-state index < -0.39 is 0 Å². The van der Waals surface area contributed by atoms with Crippen LogP contribution in [0.1, 0.15) is 117 Å². The molecule has 5 nitrogen and oxygen atoms in total. The minimum atomic E-state index is -0.231. The maximum atomic E-state index is 6.80. The van der Waals surface area contributed by atoms with Crippen LogP contribution >= 0.6 is 0 Å². The molecule has 0 bridgehead atoms. The van der Waals surface area contributed by atoms with E-state index in [1.807, 2.05) is 18.3 Å². The summed E-state index contributed by atoms with van der Waals surface area (Å²) in [6.07, 6.45) is 8.00. The Morgan fingerprint density at radius 1 is 0.833 bits per heavy atom. The van der Waals surface area contributed by atoms with Gasteiger partial charge in [-0.15, -0.1) is 29.8 Å². The zero-order chi connectivity index (χ0) is 37.1. The summed E-state index contributed by atoms with van der Waals surface area (Å²) in [6.45, 7) is 17.7. The standard InChI is InChI=1S/C48H51N3O2.Pt/c1-30-24-36(51-41-22-21-35(47(4,5)6)27-40(41)48(7,8)39-20-15-23-49-45(39)51)28-37(25-30)52-42-29-38(31(2)26-32(42)3)46-50-43(33-16-11-9-12-17-33)44(53-46)34-18-13-10-14-19-34;/h10,13-15,18-27,33,43-44H,9,11-12,16-17H2,1-8H3;/q-2;+2/t43-,44-;/m1./s1. The van der Waals surface area contributed by atoms with Crippen LogP contribution in [0.25, 0.3) is 0 Å². The number of aromatic nitrogens is 1. The van der Waals surface area contributed by atoms with Gasteiger partial charge >= 0.3 is 21.1 Å². The van der Waals surface area contributed by atoms with E-state index >= 15 is 0 Å². The number of benzene rings is 4. The molecule has 0 N–H and O–H groups in total. The minimum absolute atomic E-state index is 0. The number of fused-ring (bicyclic) bond motifs is 2. The Kier molecular flexibility index (Phi) is 10.4. The maximum Gasteiger partial charge on any atom is 2.00 e. The molecule has 0 radical (unpaired) electrons. The fourth-order valence-electron chi connectivity index (χ4n) is 8.60. The van der Waals surface area contributed by atoms with Gasteiger partial charge < -0.3 is 14.4 Å². The van der Waals surface area contributed by atoms with Gasteiger partial charge in [-0.05, 0) is 53.0 Å². The summed E-state index contributed by atoms with van der Waals surface area (Å²) < 4.78 is 13.5. The van der Waals surface area contributed by atoms with E-state index in [-0.39, 0.29) is 44.0 Å². The number of pyridine rings is 1. The van der Waals surface area contributed by atoms with E-state index in [1.54, 1.807) is 0 Å². The zero-order valence-electron chi connectivity index (χ0n) is 32.8. The van der Waals surface area contributed by atoms with E-state index in [1.165, 1.54) is 54.4 Å². The van der Waals surface area contributed by atoms with E-state index in [0.29, 0.717) is 23.3 Å². The van der Waals surface area contributed by atoms with Crippen molar-refractivity contribution in [3.8, 4) is 11.5 Å². The Balaban J connectivity index is 0.00000450. The Labute approximate surface area is 336 Å². The van der Waals surface area contributed by atoms with Crippen molar-refractivity contribution in [1.82, 2.24) is 4.98 Å². The van der Waals surface area contributed by atoms with Crippen LogP contribution in [0.4, 0.5) is 17.2 Å². The molecule has 54 heavy (non-hydrogen) atoms. The summed E-state index contributed by atoms with van der Waals surface area (Å²) in [5.74, 6) is 3.36. The number of rotatable bonds is 6. The molecule has 8 rings (SSSR count). The van der Waals surface area contributed by atoms with Gasteiger partial charge in [0.1, 0.15) is 17.8 Å². The Bertz CT molecular complexity index is 2200. The molecule has 2 atom stereocenters. The second-order valence-corrected chi connectivity index (χ2v) is 16.9. The first-order chi connectivity index (χ1) is 25.4. The van der Waals surface area contributed by atoms with Crippen LogP contribution in [0, 0.1) is 38.8 Å². The first kappa shape index (κ1) is 38.1. The van der Waals surface area contributed by atoms with Crippen LogP contribution < -0.4 is 9.64 Å². The summed E-state index contributed by atoms with van der Waals surface area (Å²) in [7, 11) is 0. The number of nitrogens with zero attached hydrogens (tertiary/aromatic N) is 3. The molecule has 0 spiro atoms. The van der Waals surface area contributed by atoms with Crippen molar-refractivity contribution < 1.29 is 30.5 Å². The molecule has 280 valence electrons. The van der Waals surface area contributed by atoms with Crippen LogP contribution in [-0.4, -0.2) is 16.9 Å². The zero-order valence-corrected chi connectivity index (χ0v) is 35.1. The van der Waals surface area contributed by atoms with Crippen molar-refractivity contribution >= 4 is 23.1 Å². The summed E-state index contributed by atoms with van der Waals surface area (Å²) in [5.41, 5.74) is 10.7. The van der Waals surface area contributed by atoms with Gasteiger partial charge in [-0.1, -0.05) is 146 Å². The van der Waals surface area contributed by atoms with Crippen LogP contribution in [0.15, 0.2) is 90.1 Å². The molecule has 0 amide bonds. The van der Waals surface area contributed by atoms with E-state index in [9.17, 15) is 0 Å². The van der Waals surface area contributed by atoms with E-state index in [2.05, 4.69) is 139 Å². The molecule has 5 aromatic rings. The van der Waals surface area contributed by atoms with Gasteiger partial charge in [-0.2, -0.15) is 5.56 Å². The normalized spacial score (nSPS) is 19.3. The summed E-state index contributed by atoms with van der Waals surface area (Å²) >= 11 is 0. The molecule has 1 saturated carbocycles. The second kappa shape index (κ2) is 14.8. The molecule has 4 aromatic carbocycles. The van der Waals surface area contributed by atoms with Crippen molar-refractivity contribution in [1.29, 1.82) is 0 Å². The first-order valence-electron chi connectivity index (χ1n) is 19.3. The smallest absolute Gasteiger partial charge is 0.510 e. The molecule has 1 aromatic heterocycles. The quantitative estimate of drug-likeness (QED) is 0.159.